The Morgan fingerprint density at radius 2 is 1.62 bits per heavy atom. The lowest BCUT2D eigenvalue weighted by molar-refractivity contribution is -0.170. The number of aromatic nitrogens is 2. The summed E-state index contributed by atoms with van der Waals surface area (Å²) < 4.78 is 17.2. The van der Waals surface area contributed by atoms with Crippen molar-refractivity contribution in [3.63, 3.8) is 0 Å². The molecule has 1 saturated heterocycles. The summed E-state index contributed by atoms with van der Waals surface area (Å²) in [6.07, 6.45) is 0.176. The van der Waals surface area contributed by atoms with Gasteiger partial charge >= 0.3 is 17.9 Å². The van der Waals surface area contributed by atoms with Gasteiger partial charge in [0.25, 0.3) is 0 Å². The number of carboxylic acids is 3. The minimum Gasteiger partial charge on any atom is -0.493 e. The molecule has 5 rings (SSSR count). The molecule has 1 aliphatic heterocycles. The molecule has 1 fully saturated rings. The summed E-state index contributed by atoms with van der Waals surface area (Å²) in [5.74, 6) is -3.01. The molecule has 5 N–H and O–H groups in total. The highest BCUT2D eigenvalue weighted by Crippen LogP contribution is 2.35. The average molecular weight is 734 g/mol. The SMILES string of the molecule is COc1cc2ncnc(Nc3ccc(C(C)=NOCc4ccccc4)cc3)c2cc1OCCCN1CCOCC1.O=C(O)CC(O)(CC(=O)O)C(=O)O. The van der Waals surface area contributed by atoms with Gasteiger partial charge < -0.3 is 44.8 Å². The molecule has 0 aliphatic carbocycles. The van der Waals surface area contributed by atoms with Gasteiger partial charge in [-0.3, -0.25) is 14.5 Å². The van der Waals surface area contributed by atoms with E-state index in [1.54, 1.807) is 13.4 Å². The van der Waals surface area contributed by atoms with Gasteiger partial charge in [0, 0.05) is 36.8 Å². The number of aliphatic carboxylic acids is 3. The molecule has 3 aromatic carbocycles. The predicted octanol–water partition coefficient (Wildman–Crippen LogP) is 4.18. The van der Waals surface area contributed by atoms with E-state index < -0.39 is 36.4 Å². The fourth-order valence-electron chi connectivity index (χ4n) is 5.21. The molecule has 0 saturated carbocycles. The lowest BCUT2D eigenvalue weighted by Gasteiger charge is -2.26. The maximum Gasteiger partial charge on any atom is 0.336 e. The largest absolute Gasteiger partial charge is 0.493 e. The number of rotatable bonds is 17. The van der Waals surface area contributed by atoms with Gasteiger partial charge in [-0.2, -0.15) is 0 Å². The Hall–Kier alpha value is -5.84. The first kappa shape index (κ1) is 39.9. The molecule has 282 valence electrons. The van der Waals surface area contributed by atoms with Crippen LogP contribution in [0.5, 0.6) is 11.5 Å². The number of carbonyl (C=O) groups is 3. The molecule has 0 bridgehead atoms. The van der Waals surface area contributed by atoms with Gasteiger partial charge in [-0.05, 0) is 42.7 Å². The summed E-state index contributed by atoms with van der Waals surface area (Å²) in [5.41, 5.74) is 1.78. The minimum atomic E-state index is -2.74. The number of hydrogen-bond donors (Lipinski definition) is 5. The number of hydrogen-bond acceptors (Lipinski definition) is 13. The first-order valence-corrected chi connectivity index (χ1v) is 16.7. The smallest absolute Gasteiger partial charge is 0.336 e. The van der Waals surface area contributed by atoms with Crippen molar-refractivity contribution < 1.29 is 53.9 Å². The van der Waals surface area contributed by atoms with E-state index in [1.165, 1.54) is 0 Å². The fraction of sp³-hybridized carbons (Fsp3) is 0.351. The molecule has 1 aromatic heterocycles. The van der Waals surface area contributed by atoms with Crippen LogP contribution in [0.2, 0.25) is 0 Å². The van der Waals surface area contributed by atoms with E-state index in [0.29, 0.717) is 30.5 Å². The second kappa shape index (κ2) is 19.7. The maximum absolute atomic E-state index is 10.3. The molecule has 0 radical (unpaired) electrons. The third-order valence-electron chi connectivity index (χ3n) is 8.03. The molecular formula is C37H43N5O11. The topological polar surface area (TPSA) is 222 Å². The summed E-state index contributed by atoms with van der Waals surface area (Å²) >= 11 is 0. The molecule has 0 spiro atoms. The minimum absolute atomic E-state index is 0.433. The van der Waals surface area contributed by atoms with Crippen LogP contribution in [0.3, 0.4) is 0 Å². The Bertz CT molecular complexity index is 1830. The van der Waals surface area contributed by atoms with E-state index in [0.717, 1.165) is 72.7 Å². The van der Waals surface area contributed by atoms with Crippen molar-refractivity contribution in [2.75, 3.05) is 51.9 Å². The number of benzene rings is 3. The summed E-state index contributed by atoms with van der Waals surface area (Å²) in [4.78, 5) is 47.4. The highest BCUT2D eigenvalue weighted by atomic mass is 16.6. The van der Waals surface area contributed by atoms with Crippen LogP contribution in [0, 0.1) is 0 Å². The fourth-order valence-corrected chi connectivity index (χ4v) is 5.21. The molecule has 0 atom stereocenters. The molecule has 2 heterocycles. The Morgan fingerprint density at radius 1 is 0.943 bits per heavy atom. The monoisotopic (exact) mass is 733 g/mol. The number of nitrogens with one attached hydrogen (secondary N) is 1. The average Bonchev–Trinajstić information content (AvgIpc) is 3.14. The number of nitrogens with zero attached hydrogens (tertiary/aromatic N) is 4. The van der Waals surface area contributed by atoms with Gasteiger partial charge in [-0.25, -0.2) is 14.8 Å². The molecule has 0 amide bonds. The van der Waals surface area contributed by atoms with E-state index in [2.05, 4.69) is 25.3 Å². The molecule has 16 heteroatoms. The van der Waals surface area contributed by atoms with Crippen LogP contribution in [0.4, 0.5) is 11.5 Å². The van der Waals surface area contributed by atoms with Crippen LogP contribution in [-0.4, -0.2) is 111 Å². The second-order valence-corrected chi connectivity index (χ2v) is 12.0. The number of anilines is 2. The van der Waals surface area contributed by atoms with Crippen molar-refractivity contribution >= 4 is 46.0 Å². The summed E-state index contributed by atoms with van der Waals surface area (Å²) in [7, 11) is 1.64. The zero-order chi connectivity index (χ0) is 38.2. The van der Waals surface area contributed by atoms with Crippen molar-refractivity contribution in [1.82, 2.24) is 14.9 Å². The molecule has 16 nitrogen and oxygen atoms in total. The van der Waals surface area contributed by atoms with E-state index >= 15 is 0 Å². The number of ether oxygens (including phenoxy) is 3. The van der Waals surface area contributed by atoms with Crippen molar-refractivity contribution in [3.05, 3.63) is 84.2 Å². The second-order valence-electron chi connectivity index (χ2n) is 12.0. The number of morpholine rings is 1. The van der Waals surface area contributed by atoms with Gasteiger partial charge in [0.2, 0.25) is 0 Å². The first-order valence-electron chi connectivity index (χ1n) is 16.7. The van der Waals surface area contributed by atoms with Crippen LogP contribution in [-0.2, 0) is 30.6 Å². The van der Waals surface area contributed by atoms with Crippen LogP contribution in [0.15, 0.2) is 78.2 Å². The van der Waals surface area contributed by atoms with Crippen molar-refractivity contribution in [3.8, 4) is 11.5 Å². The number of oxime groups is 1. The molecule has 1 aliphatic rings. The molecule has 53 heavy (non-hydrogen) atoms. The highest BCUT2D eigenvalue weighted by molar-refractivity contribution is 5.99. The number of methoxy groups -OCH3 is 1. The van der Waals surface area contributed by atoms with E-state index in [9.17, 15) is 14.4 Å². The van der Waals surface area contributed by atoms with Gasteiger partial charge in [0.1, 0.15) is 18.8 Å². The van der Waals surface area contributed by atoms with Crippen LogP contribution >= 0.6 is 0 Å². The van der Waals surface area contributed by atoms with Gasteiger partial charge in [-0.15, -0.1) is 0 Å². The van der Waals surface area contributed by atoms with Crippen molar-refractivity contribution in [2.45, 2.75) is 38.4 Å². The van der Waals surface area contributed by atoms with Crippen LogP contribution in [0.1, 0.15) is 37.3 Å². The Labute approximate surface area is 305 Å². The lowest BCUT2D eigenvalue weighted by atomic mass is 9.96. The highest BCUT2D eigenvalue weighted by Gasteiger charge is 2.40. The van der Waals surface area contributed by atoms with Crippen LogP contribution in [0.25, 0.3) is 10.9 Å². The van der Waals surface area contributed by atoms with Crippen LogP contribution < -0.4 is 14.8 Å². The van der Waals surface area contributed by atoms with E-state index in [1.807, 2.05) is 73.7 Å². The summed E-state index contributed by atoms with van der Waals surface area (Å²) in [5, 5.41) is 42.3. The Balaban J connectivity index is 0.000000413. The van der Waals surface area contributed by atoms with Gasteiger partial charge in [-0.1, -0.05) is 47.6 Å². The third-order valence-corrected chi connectivity index (χ3v) is 8.03. The summed E-state index contributed by atoms with van der Waals surface area (Å²) in [6, 6.07) is 21.8. The number of carboxylic acid groups (broad SMARTS) is 3. The molecule has 4 aromatic rings. The normalized spacial score (nSPS) is 13.4. The van der Waals surface area contributed by atoms with E-state index in [4.69, 9.17) is 39.5 Å². The number of aliphatic hydroxyl groups is 1. The maximum atomic E-state index is 10.3. The zero-order valence-corrected chi connectivity index (χ0v) is 29.4. The zero-order valence-electron chi connectivity index (χ0n) is 29.4. The predicted molar refractivity (Wildman–Crippen MR) is 194 cm³/mol. The standard InChI is InChI=1S/C31H35N5O4.C6H8O7/c1-23(35-40-21-24-7-4-3-5-8-24)25-9-11-26(12-10-25)34-31-27-19-30(29(37-2)20-28(27)32-22-33-31)39-16-6-13-36-14-17-38-18-15-36;7-3(8)1-6(13,5(11)12)2-4(9)10/h3-5,7-12,19-20,22H,6,13-18,21H2,1-2H3,(H,32,33,34);13H,1-2H2,(H,7,8)(H,9,10)(H,11,12). The van der Waals surface area contributed by atoms with Crippen molar-refractivity contribution in [1.29, 1.82) is 0 Å². The lowest BCUT2D eigenvalue weighted by Crippen LogP contribution is -2.42. The number of fused-ring (bicyclic) bond motifs is 1. The quantitative estimate of drug-likeness (QED) is 0.0584. The van der Waals surface area contributed by atoms with Gasteiger partial charge in [0.05, 0.1) is 51.0 Å². The Morgan fingerprint density at radius 3 is 2.25 bits per heavy atom. The summed E-state index contributed by atoms with van der Waals surface area (Å²) in [6.45, 7) is 7.48. The molecular weight excluding hydrogens is 690 g/mol. The Kier molecular flexibility index (Phi) is 14.8. The first-order chi connectivity index (χ1) is 25.5. The third kappa shape index (κ3) is 12.4. The van der Waals surface area contributed by atoms with Gasteiger partial charge in [0.15, 0.2) is 17.1 Å². The van der Waals surface area contributed by atoms with E-state index in [-0.39, 0.29) is 0 Å². The van der Waals surface area contributed by atoms with Crippen molar-refractivity contribution in [2.24, 2.45) is 5.16 Å². The molecule has 0 unspecified atom stereocenters.